The van der Waals surface area contributed by atoms with Crippen LogP contribution in [0.25, 0.3) is 0 Å². The van der Waals surface area contributed by atoms with E-state index in [9.17, 15) is 9.59 Å². The largest absolute Gasteiger partial charge is 0.345 e. The van der Waals surface area contributed by atoms with E-state index in [1.807, 2.05) is 0 Å². The van der Waals surface area contributed by atoms with Gasteiger partial charge in [0.1, 0.15) is 0 Å². The standard InChI is InChI=1S/C14H16Cl2N2O2/c15-10-6-5-9(12(16)7-10)8-17-13(19)14(20)18-11-3-1-2-4-11/h5-7,11H,1-4,8H2,(H,17,19)(H,18,20). The van der Waals surface area contributed by atoms with E-state index < -0.39 is 11.8 Å². The Balaban J connectivity index is 1.83. The van der Waals surface area contributed by atoms with Crippen molar-refractivity contribution in [1.82, 2.24) is 10.6 Å². The van der Waals surface area contributed by atoms with Gasteiger partial charge in [-0.05, 0) is 30.5 Å². The maximum Gasteiger partial charge on any atom is 0.309 e. The van der Waals surface area contributed by atoms with Crippen LogP contribution in [0.1, 0.15) is 31.2 Å². The Bertz CT molecular complexity index is 514. The van der Waals surface area contributed by atoms with Crippen LogP contribution in [-0.4, -0.2) is 17.9 Å². The number of rotatable bonds is 3. The zero-order valence-corrected chi connectivity index (χ0v) is 12.4. The molecule has 0 spiro atoms. The molecule has 0 aromatic heterocycles. The molecule has 1 fully saturated rings. The smallest absolute Gasteiger partial charge is 0.309 e. The maximum absolute atomic E-state index is 11.7. The monoisotopic (exact) mass is 314 g/mol. The Morgan fingerprint density at radius 2 is 1.85 bits per heavy atom. The topological polar surface area (TPSA) is 58.2 Å². The van der Waals surface area contributed by atoms with Crippen LogP contribution in [0.15, 0.2) is 18.2 Å². The minimum atomic E-state index is -0.636. The number of benzene rings is 1. The van der Waals surface area contributed by atoms with E-state index in [4.69, 9.17) is 23.2 Å². The average Bonchev–Trinajstić information content (AvgIpc) is 2.90. The number of hydrogen-bond acceptors (Lipinski definition) is 2. The van der Waals surface area contributed by atoms with E-state index in [1.165, 1.54) is 0 Å². The zero-order chi connectivity index (χ0) is 14.5. The summed E-state index contributed by atoms with van der Waals surface area (Å²) in [5.41, 5.74) is 0.720. The van der Waals surface area contributed by atoms with E-state index >= 15 is 0 Å². The number of halogens is 2. The normalized spacial score (nSPS) is 15.1. The highest BCUT2D eigenvalue weighted by Gasteiger charge is 2.21. The van der Waals surface area contributed by atoms with Crippen molar-refractivity contribution in [2.75, 3.05) is 0 Å². The molecule has 1 saturated carbocycles. The highest BCUT2D eigenvalue weighted by atomic mass is 35.5. The van der Waals surface area contributed by atoms with Crippen LogP contribution in [0.3, 0.4) is 0 Å². The summed E-state index contributed by atoms with van der Waals surface area (Å²) in [5.74, 6) is -1.22. The third-order valence-corrected chi connectivity index (χ3v) is 3.94. The first-order valence-corrected chi connectivity index (χ1v) is 7.34. The van der Waals surface area contributed by atoms with Crippen molar-refractivity contribution < 1.29 is 9.59 Å². The summed E-state index contributed by atoms with van der Waals surface area (Å²) >= 11 is 11.8. The van der Waals surface area contributed by atoms with Crippen molar-refractivity contribution in [3.05, 3.63) is 33.8 Å². The van der Waals surface area contributed by atoms with E-state index in [-0.39, 0.29) is 12.6 Å². The highest BCUT2D eigenvalue weighted by molar-refractivity contribution is 6.36. The lowest BCUT2D eigenvalue weighted by atomic mass is 10.2. The van der Waals surface area contributed by atoms with Gasteiger partial charge in [0.05, 0.1) is 0 Å². The number of carbonyl (C=O) groups is 2. The van der Waals surface area contributed by atoms with Crippen molar-refractivity contribution in [1.29, 1.82) is 0 Å². The summed E-state index contributed by atoms with van der Waals surface area (Å²) in [4.78, 5) is 23.4. The summed E-state index contributed by atoms with van der Waals surface area (Å²) in [6.07, 6.45) is 4.10. The fourth-order valence-corrected chi connectivity index (χ4v) is 2.72. The van der Waals surface area contributed by atoms with E-state index in [2.05, 4.69) is 10.6 Å². The predicted molar refractivity (Wildman–Crippen MR) is 78.7 cm³/mol. The second-order valence-electron chi connectivity index (χ2n) is 4.87. The van der Waals surface area contributed by atoms with Crippen LogP contribution >= 0.6 is 23.2 Å². The quantitative estimate of drug-likeness (QED) is 0.843. The first-order valence-electron chi connectivity index (χ1n) is 6.59. The Morgan fingerprint density at radius 3 is 2.50 bits per heavy atom. The summed E-state index contributed by atoms with van der Waals surface area (Å²) in [5, 5.41) is 6.29. The van der Waals surface area contributed by atoms with Gasteiger partial charge in [-0.3, -0.25) is 9.59 Å². The van der Waals surface area contributed by atoms with Gasteiger partial charge in [-0.2, -0.15) is 0 Å². The molecule has 108 valence electrons. The third-order valence-electron chi connectivity index (χ3n) is 3.35. The predicted octanol–water partition coefficient (Wildman–Crippen LogP) is 2.67. The molecule has 4 nitrogen and oxygen atoms in total. The molecule has 1 aromatic rings. The molecule has 2 amide bonds. The van der Waals surface area contributed by atoms with E-state index in [0.717, 1.165) is 31.2 Å². The van der Waals surface area contributed by atoms with E-state index in [0.29, 0.717) is 10.0 Å². The SMILES string of the molecule is O=C(NCc1ccc(Cl)cc1Cl)C(=O)NC1CCCC1. The number of amides is 2. The number of hydrogen-bond donors (Lipinski definition) is 2. The van der Waals surface area contributed by atoms with Gasteiger partial charge in [0, 0.05) is 22.6 Å². The summed E-state index contributed by atoms with van der Waals surface area (Å²) in [6.45, 7) is 0.201. The lowest BCUT2D eigenvalue weighted by Crippen LogP contribution is -2.43. The molecule has 2 rings (SSSR count). The first-order chi connectivity index (χ1) is 9.56. The summed E-state index contributed by atoms with van der Waals surface area (Å²) in [7, 11) is 0. The number of nitrogens with one attached hydrogen (secondary N) is 2. The average molecular weight is 315 g/mol. The highest BCUT2D eigenvalue weighted by Crippen LogP contribution is 2.20. The molecular formula is C14H16Cl2N2O2. The van der Waals surface area contributed by atoms with Crippen LogP contribution in [-0.2, 0) is 16.1 Å². The molecule has 0 heterocycles. The van der Waals surface area contributed by atoms with Crippen LogP contribution in [0.4, 0.5) is 0 Å². The van der Waals surface area contributed by atoms with Crippen LogP contribution in [0, 0.1) is 0 Å². The van der Waals surface area contributed by atoms with Gasteiger partial charge in [0.25, 0.3) is 0 Å². The van der Waals surface area contributed by atoms with Crippen molar-refractivity contribution in [2.45, 2.75) is 38.3 Å². The Kier molecular flexibility index (Phi) is 5.26. The lowest BCUT2D eigenvalue weighted by Gasteiger charge is -2.12. The molecule has 0 atom stereocenters. The molecule has 1 aliphatic carbocycles. The fraction of sp³-hybridized carbons (Fsp3) is 0.429. The maximum atomic E-state index is 11.7. The molecular weight excluding hydrogens is 299 g/mol. The molecule has 0 unspecified atom stereocenters. The van der Waals surface area contributed by atoms with Gasteiger partial charge in [-0.1, -0.05) is 42.1 Å². The molecule has 2 N–H and O–H groups in total. The van der Waals surface area contributed by atoms with Crippen molar-refractivity contribution >= 4 is 35.0 Å². The van der Waals surface area contributed by atoms with Crippen molar-refractivity contribution in [2.24, 2.45) is 0 Å². The van der Waals surface area contributed by atoms with Crippen LogP contribution < -0.4 is 10.6 Å². The van der Waals surface area contributed by atoms with Gasteiger partial charge >= 0.3 is 11.8 Å². The van der Waals surface area contributed by atoms with Gasteiger partial charge < -0.3 is 10.6 Å². The Hall–Kier alpha value is -1.26. The molecule has 1 aromatic carbocycles. The molecule has 0 saturated heterocycles. The molecule has 0 aliphatic heterocycles. The van der Waals surface area contributed by atoms with Crippen LogP contribution in [0.2, 0.25) is 10.0 Å². The lowest BCUT2D eigenvalue weighted by molar-refractivity contribution is -0.139. The summed E-state index contributed by atoms with van der Waals surface area (Å²) in [6, 6.07) is 5.14. The second kappa shape index (κ2) is 6.95. The molecule has 1 aliphatic rings. The minimum Gasteiger partial charge on any atom is -0.345 e. The Morgan fingerprint density at radius 1 is 1.15 bits per heavy atom. The Labute approximate surface area is 127 Å². The third kappa shape index (κ3) is 4.12. The fourth-order valence-electron chi connectivity index (χ4n) is 2.24. The van der Waals surface area contributed by atoms with Gasteiger partial charge in [-0.15, -0.1) is 0 Å². The zero-order valence-electron chi connectivity index (χ0n) is 10.9. The molecule has 0 radical (unpaired) electrons. The van der Waals surface area contributed by atoms with Gasteiger partial charge in [-0.25, -0.2) is 0 Å². The van der Waals surface area contributed by atoms with E-state index in [1.54, 1.807) is 18.2 Å². The summed E-state index contributed by atoms with van der Waals surface area (Å²) < 4.78 is 0. The van der Waals surface area contributed by atoms with Gasteiger partial charge in [0.2, 0.25) is 0 Å². The van der Waals surface area contributed by atoms with Crippen molar-refractivity contribution in [3.8, 4) is 0 Å². The van der Waals surface area contributed by atoms with Crippen molar-refractivity contribution in [3.63, 3.8) is 0 Å². The first kappa shape index (κ1) is 15.1. The minimum absolute atomic E-state index is 0.132. The molecule has 20 heavy (non-hydrogen) atoms. The number of carbonyl (C=O) groups excluding carboxylic acids is 2. The molecule has 0 bridgehead atoms. The molecule has 6 heteroatoms. The van der Waals surface area contributed by atoms with Crippen LogP contribution in [0.5, 0.6) is 0 Å². The second-order valence-corrected chi connectivity index (χ2v) is 5.72. The van der Waals surface area contributed by atoms with Gasteiger partial charge in [0.15, 0.2) is 0 Å².